The Hall–Kier alpha value is -0.270. The summed E-state index contributed by atoms with van der Waals surface area (Å²) < 4.78 is 38.0. The lowest BCUT2D eigenvalue weighted by atomic mass is 10.3. The van der Waals surface area contributed by atoms with Gasteiger partial charge >= 0.3 is 6.18 Å². The molecule has 2 nitrogen and oxygen atoms in total. The van der Waals surface area contributed by atoms with E-state index in [1.165, 1.54) is 25.7 Å². The number of thioether (sulfide) groups is 1. The molecule has 0 spiro atoms. The van der Waals surface area contributed by atoms with Gasteiger partial charge in [0.25, 0.3) is 0 Å². The Balaban J connectivity index is 2.02. The average Bonchev–Trinajstić information content (AvgIpc) is 2.94. The molecule has 1 aromatic rings. The fourth-order valence-electron chi connectivity index (χ4n) is 2.07. The standard InChI is InChI=1S/C11H15F3N2S2/c12-11(13,14)10-8(5-15)18-9(16-10)6-17-7-3-1-2-4-7/h7H,1-6,15H2. The SMILES string of the molecule is NCc1sc(CSC2CCCC2)nc1C(F)(F)F. The molecule has 1 aliphatic rings. The van der Waals surface area contributed by atoms with Crippen molar-refractivity contribution in [3.8, 4) is 0 Å². The molecule has 0 saturated heterocycles. The molecule has 1 fully saturated rings. The van der Waals surface area contributed by atoms with Crippen LogP contribution in [0.4, 0.5) is 13.2 Å². The van der Waals surface area contributed by atoms with E-state index in [1.54, 1.807) is 11.8 Å². The summed E-state index contributed by atoms with van der Waals surface area (Å²) in [5, 5.41) is 1.13. The molecule has 2 rings (SSSR count). The third kappa shape index (κ3) is 3.39. The van der Waals surface area contributed by atoms with Gasteiger partial charge in [0.1, 0.15) is 5.01 Å². The summed E-state index contributed by atoms with van der Waals surface area (Å²) in [6, 6.07) is 0. The highest BCUT2D eigenvalue weighted by Crippen LogP contribution is 2.37. The Morgan fingerprint density at radius 2 is 2.00 bits per heavy atom. The summed E-state index contributed by atoms with van der Waals surface area (Å²) in [4.78, 5) is 3.85. The van der Waals surface area contributed by atoms with E-state index in [0.717, 1.165) is 11.3 Å². The Morgan fingerprint density at radius 3 is 2.50 bits per heavy atom. The number of nitrogens with zero attached hydrogens (tertiary/aromatic N) is 1. The Kier molecular flexibility index (Phi) is 4.55. The van der Waals surface area contributed by atoms with Gasteiger partial charge in [-0.3, -0.25) is 0 Å². The molecular weight excluding hydrogens is 281 g/mol. The second kappa shape index (κ2) is 5.79. The molecule has 0 atom stereocenters. The monoisotopic (exact) mass is 296 g/mol. The van der Waals surface area contributed by atoms with Crippen molar-refractivity contribution < 1.29 is 13.2 Å². The van der Waals surface area contributed by atoms with Crippen molar-refractivity contribution in [2.24, 2.45) is 5.73 Å². The van der Waals surface area contributed by atoms with E-state index >= 15 is 0 Å². The predicted octanol–water partition coefficient (Wildman–Crippen LogP) is 3.80. The minimum absolute atomic E-state index is 0.0966. The van der Waals surface area contributed by atoms with Gasteiger partial charge in [0.05, 0.1) is 4.88 Å². The van der Waals surface area contributed by atoms with Gasteiger partial charge in [-0.1, -0.05) is 12.8 Å². The van der Waals surface area contributed by atoms with E-state index in [4.69, 9.17) is 5.73 Å². The Labute approximate surface area is 112 Å². The Bertz CT molecular complexity index is 397. The van der Waals surface area contributed by atoms with Crippen LogP contribution in [0.2, 0.25) is 0 Å². The minimum Gasteiger partial charge on any atom is -0.326 e. The van der Waals surface area contributed by atoms with Crippen LogP contribution in [0, 0.1) is 0 Å². The number of aromatic nitrogens is 1. The van der Waals surface area contributed by atoms with Crippen molar-refractivity contribution in [1.29, 1.82) is 0 Å². The molecule has 0 aromatic carbocycles. The van der Waals surface area contributed by atoms with Crippen LogP contribution in [-0.2, 0) is 18.5 Å². The van der Waals surface area contributed by atoms with Crippen molar-refractivity contribution in [2.45, 2.75) is 49.4 Å². The molecule has 1 saturated carbocycles. The zero-order valence-corrected chi connectivity index (χ0v) is 11.4. The number of thiazole rings is 1. The minimum atomic E-state index is -4.39. The van der Waals surface area contributed by atoms with Crippen LogP contribution in [0.25, 0.3) is 0 Å². The van der Waals surface area contributed by atoms with Gasteiger partial charge in [-0.05, 0) is 12.8 Å². The number of halogens is 3. The topological polar surface area (TPSA) is 38.9 Å². The third-order valence-corrected chi connectivity index (χ3v) is 5.58. The van der Waals surface area contributed by atoms with Gasteiger partial charge in [0, 0.05) is 17.5 Å². The van der Waals surface area contributed by atoms with Gasteiger partial charge < -0.3 is 5.73 Å². The molecule has 1 aliphatic carbocycles. The van der Waals surface area contributed by atoms with Gasteiger partial charge in [0.2, 0.25) is 0 Å². The van der Waals surface area contributed by atoms with Crippen LogP contribution >= 0.6 is 23.1 Å². The second-order valence-electron chi connectivity index (χ2n) is 4.30. The van der Waals surface area contributed by atoms with Gasteiger partial charge in [0.15, 0.2) is 5.69 Å². The maximum atomic E-state index is 12.7. The molecule has 102 valence electrons. The molecular formula is C11H15F3N2S2. The normalized spacial score (nSPS) is 17.6. The Morgan fingerprint density at radius 1 is 1.33 bits per heavy atom. The first kappa shape index (κ1) is 14.1. The maximum Gasteiger partial charge on any atom is 0.434 e. The molecule has 2 N–H and O–H groups in total. The maximum absolute atomic E-state index is 12.7. The average molecular weight is 296 g/mol. The second-order valence-corrected chi connectivity index (χ2v) is 6.76. The van der Waals surface area contributed by atoms with Crippen molar-refractivity contribution >= 4 is 23.1 Å². The number of alkyl halides is 3. The molecule has 0 amide bonds. The van der Waals surface area contributed by atoms with Gasteiger partial charge in [-0.15, -0.1) is 11.3 Å². The van der Waals surface area contributed by atoms with Crippen molar-refractivity contribution in [3.05, 3.63) is 15.6 Å². The van der Waals surface area contributed by atoms with Crippen molar-refractivity contribution in [1.82, 2.24) is 4.98 Å². The van der Waals surface area contributed by atoms with Gasteiger partial charge in [-0.2, -0.15) is 24.9 Å². The predicted molar refractivity (Wildman–Crippen MR) is 68.6 cm³/mol. The van der Waals surface area contributed by atoms with E-state index in [0.29, 0.717) is 16.0 Å². The van der Waals surface area contributed by atoms with Crippen LogP contribution in [0.5, 0.6) is 0 Å². The van der Waals surface area contributed by atoms with Crippen LogP contribution in [0.3, 0.4) is 0 Å². The van der Waals surface area contributed by atoms with E-state index in [1.807, 2.05) is 0 Å². The lowest BCUT2D eigenvalue weighted by Crippen LogP contribution is -2.10. The van der Waals surface area contributed by atoms with Gasteiger partial charge in [-0.25, -0.2) is 4.98 Å². The smallest absolute Gasteiger partial charge is 0.326 e. The number of rotatable bonds is 4. The highest BCUT2D eigenvalue weighted by Gasteiger charge is 2.37. The summed E-state index contributed by atoms with van der Waals surface area (Å²) in [5.74, 6) is 0.568. The summed E-state index contributed by atoms with van der Waals surface area (Å²) in [6.07, 6.45) is 0.425. The number of hydrogen-bond donors (Lipinski definition) is 1. The molecule has 18 heavy (non-hydrogen) atoms. The fourth-order valence-corrected chi connectivity index (χ4v) is 4.38. The highest BCUT2D eigenvalue weighted by atomic mass is 32.2. The van der Waals surface area contributed by atoms with E-state index in [9.17, 15) is 13.2 Å². The van der Waals surface area contributed by atoms with E-state index < -0.39 is 11.9 Å². The first-order valence-electron chi connectivity index (χ1n) is 5.88. The van der Waals surface area contributed by atoms with Crippen LogP contribution in [-0.4, -0.2) is 10.2 Å². The van der Waals surface area contributed by atoms with Crippen molar-refractivity contribution in [3.63, 3.8) is 0 Å². The summed E-state index contributed by atoms with van der Waals surface area (Å²) in [6.45, 7) is -0.0966. The summed E-state index contributed by atoms with van der Waals surface area (Å²) in [5.41, 5.74) is 4.55. The quantitative estimate of drug-likeness (QED) is 0.918. The van der Waals surface area contributed by atoms with E-state index in [-0.39, 0.29) is 11.4 Å². The number of hydrogen-bond acceptors (Lipinski definition) is 4. The molecule has 1 aromatic heterocycles. The third-order valence-electron chi connectivity index (χ3n) is 2.94. The molecule has 0 aliphatic heterocycles. The lowest BCUT2D eigenvalue weighted by Gasteiger charge is -2.06. The first-order valence-corrected chi connectivity index (χ1v) is 7.74. The molecule has 7 heteroatoms. The highest BCUT2D eigenvalue weighted by molar-refractivity contribution is 7.99. The van der Waals surface area contributed by atoms with E-state index in [2.05, 4.69) is 4.98 Å². The van der Waals surface area contributed by atoms with Crippen molar-refractivity contribution in [2.75, 3.05) is 0 Å². The zero-order chi connectivity index (χ0) is 13.2. The lowest BCUT2D eigenvalue weighted by molar-refractivity contribution is -0.141. The molecule has 0 bridgehead atoms. The molecule has 0 unspecified atom stereocenters. The largest absolute Gasteiger partial charge is 0.434 e. The van der Waals surface area contributed by atoms with Crippen LogP contribution in [0.1, 0.15) is 41.3 Å². The zero-order valence-electron chi connectivity index (χ0n) is 9.79. The summed E-state index contributed by atoms with van der Waals surface area (Å²) in [7, 11) is 0. The van der Waals surface area contributed by atoms with Crippen LogP contribution < -0.4 is 5.73 Å². The molecule has 0 radical (unpaired) electrons. The first-order chi connectivity index (χ1) is 8.50. The molecule has 1 heterocycles. The van der Waals surface area contributed by atoms with Crippen LogP contribution in [0.15, 0.2) is 0 Å². The fraction of sp³-hybridized carbons (Fsp3) is 0.727. The number of nitrogens with two attached hydrogens (primary N) is 1. The summed E-state index contributed by atoms with van der Waals surface area (Å²) >= 11 is 2.81.